The van der Waals surface area contributed by atoms with E-state index >= 15 is 0 Å². The van der Waals surface area contributed by atoms with Gasteiger partial charge in [-0.25, -0.2) is 4.98 Å². The molecule has 1 amide bonds. The number of aryl methyl sites for hydroxylation is 2. The Morgan fingerprint density at radius 3 is 2.58 bits per heavy atom. The van der Waals surface area contributed by atoms with Gasteiger partial charge in [0.15, 0.2) is 5.82 Å². The van der Waals surface area contributed by atoms with Gasteiger partial charge in [0.1, 0.15) is 5.52 Å². The van der Waals surface area contributed by atoms with Crippen LogP contribution in [-0.2, 0) is 17.5 Å². The fourth-order valence-corrected chi connectivity index (χ4v) is 4.16. The molecule has 0 unspecified atom stereocenters. The van der Waals surface area contributed by atoms with Gasteiger partial charge in [-0.05, 0) is 44.9 Å². The average Bonchev–Trinajstić information content (AvgIpc) is 3.09. The minimum Gasteiger partial charge on any atom is -0.355 e. The van der Waals surface area contributed by atoms with E-state index in [9.17, 15) is 18.0 Å². The highest BCUT2D eigenvalue weighted by Gasteiger charge is 2.34. The predicted molar refractivity (Wildman–Crippen MR) is 113 cm³/mol. The number of anilines is 2. The zero-order valence-corrected chi connectivity index (χ0v) is 17.4. The van der Waals surface area contributed by atoms with E-state index in [1.807, 2.05) is 24.6 Å². The summed E-state index contributed by atoms with van der Waals surface area (Å²) < 4.78 is 41.5. The number of carbonyl (C=O) groups excluding carboxylic acids is 1. The summed E-state index contributed by atoms with van der Waals surface area (Å²) in [5, 5.41) is 8.11. The largest absolute Gasteiger partial charge is 0.418 e. The van der Waals surface area contributed by atoms with Crippen LogP contribution in [0.3, 0.4) is 0 Å². The molecule has 1 N–H and O–H groups in total. The van der Waals surface area contributed by atoms with Crippen LogP contribution in [0.25, 0.3) is 10.9 Å². The van der Waals surface area contributed by atoms with Crippen LogP contribution in [0.5, 0.6) is 0 Å². The zero-order valence-electron chi connectivity index (χ0n) is 17.4. The maximum Gasteiger partial charge on any atom is 0.418 e. The molecule has 2 aromatic heterocycles. The van der Waals surface area contributed by atoms with Gasteiger partial charge >= 0.3 is 6.18 Å². The van der Waals surface area contributed by atoms with Gasteiger partial charge in [0.2, 0.25) is 5.91 Å². The number of carbonyl (C=O) groups is 1. The van der Waals surface area contributed by atoms with E-state index in [-0.39, 0.29) is 17.5 Å². The SMILES string of the molecule is CCn1nc(C)c2ccnc(N3CCC(C(=O)Nc4ccccc4C(F)(F)F)CC3)c21. The number of pyridine rings is 1. The lowest BCUT2D eigenvalue weighted by Gasteiger charge is -2.32. The quantitative estimate of drug-likeness (QED) is 0.654. The minimum absolute atomic E-state index is 0.198. The molecule has 1 aromatic carbocycles. The first-order valence-corrected chi connectivity index (χ1v) is 10.3. The smallest absolute Gasteiger partial charge is 0.355 e. The standard InChI is InChI=1S/C22H24F3N5O/c1-3-30-19-16(14(2)28-30)8-11-26-20(19)29-12-9-15(10-13-29)21(31)27-18-7-5-4-6-17(18)22(23,24)25/h4-8,11,15H,3,9-10,12-13H2,1-2H3,(H,27,31). The van der Waals surface area contributed by atoms with Crippen molar-refractivity contribution in [3.8, 4) is 0 Å². The maximum absolute atomic E-state index is 13.2. The number of alkyl halides is 3. The van der Waals surface area contributed by atoms with Crippen molar-refractivity contribution in [2.24, 2.45) is 5.92 Å². The highest BCUT2D eigenvalue weighted by atomic mass is 19.4. The Morgan fingerprint density at radius 2 is 1.90 bits per heavy atom. The van der Waals surface area contributed by atoms with Crippen LogP contribution >= 0.6 is 0 Å². The van der Waals surface area contributed by atoms with Crippen LogP contribution in [0.4, 0.5) is 24.7 Å². The highest BCUT2D eigenvalue weighted by Crippen LogP contribution is 2.35. The van der Waals surface area contributed by atoms with Gasteiger partial charge in [0.25, 0.3) is 0 Å². The van der Waals surface area contributed by atoms with Crippen LogP contribution in [0.1, 0.15) is 31.0 Å². The monoisotopic (exact) mass is 431 g/mol. The lowest BCUT2D eigenvalue weighted by atomic mass is 9.95. The van der Waals surface area contributed by atoms with E-state index in [0.29, 0.717) is 25.9 Å². The number of fused-ring (bicyclic) bond motifs is 1. The van der Waals surface area contributed by atoms with Crippen molar-refractivity contribution < 1.29 is 18.0 Å². The molecule has 6 nitrogen and oxygen atoms in total. The summed E-state index contributed by atoms with van der Waals surface area (Å²) >= 11 is 0. The number of piperidine rings is 1. The Labute approximate surface area is 178 Å². The van der Waals surface area contributed by atoms with Gasteiger partial charge in [0.05, 0.1) is 16.9 Å². The van der Waals surface area contributed by atoms with Crippen molar-refractivity contribution in [3.05, 3.63) is 47.8 Å². The molecule has 0 radical (unpaired) electrons. The van der Waals surface area contributed by atoms with E-state index in [0.717, 1.165) is 35.0 Å². The van der Waals surface area contributed by atoms with Crippen molar-refractivity contribution >= 4 is 28.3 Å². The molecule has 164 valence electrons. The second-order valence-electron chi connectivity index (χ2n) is 7.73. The number of para-hydroxylation sites is 1. The van der Waals surface area contributed by atoms with Gasteiger partial charge in [-0.2, -0.15) is 18.3 Å². The van der Waals surface area contributed by atoms with Gasteiger partial charge < -0.3 is 10.2 Å². The predicted octanol–water partition coefficient (Wildman–Crippen LogP) is 4.63. The summed E-state index contributed by atoms with van der Waals surface area (Å²) in [5.74, 6) is 0.104. The van der Waals surface area contributed by atoms with Crippen molar-refractivity contribution in [2.45, 2.75) is 39.4 Å². The average molecular weight is 431 g/mol. The molecule has 0 atom stereocenters. The number of hydrogen-bond acceptors (Lipinski definition) is 4. The number of benzene rings is 1. The molecule has 3 heterocycles. The van der Waals surface area contributed by atoms with Crippen LogP contribution < -0.4 is 10.2 Å². The summed E-state index contributed by atoms with van der Waals surface area (Å²) in [5.41, 5.74) is 0.888. The Balaban J connectivity index is 1.48. The Kier molecular flexibility index (Phi) is 5.60. The molecular weight excluding hydrogens is 407 g/mol. The van der Waals surface area contributed by atoms with E-state index in [1.165, 1.54) is 18.2 Å². The van der Waals surface area contributed by atoms with E-state index < -0.39 is 11.7 Å². The third-order valence-corrected chi connectivity index (χ3v) is 5.78. The van der Waals surface area contributed by atoms with E-state index in [2.05, 4.69) is 20.3 Å². The topological polar surface area (TPSA) is 63.1 Å². The minimum atomic E-state index is -4.52. The molecule has 1 saturated heterocycles. The van der Waals surface area contributed by atoms with Crippen molar-refractivity contribution in [3.63, 3.8) is 0 Å². The summed E-state index contributed by atoms with van der Waals surface area (Å²) in [6.07, 6.45) is -1.67. The van der Waals surface area contributed by atoms with Crippen LogP contribution in [0, 0.1) is 12.8 Å². The molecule has 1 aliphatic rings. The number of aromatic nitrogens is 3. The van der Waals surface area contributed by atoms with Gasteiger partial charge in [0, 0.05) is 37.1 Å². The normalized spacial score (nSPS) is 15.5. The number of halogens is 3. The molecule has 0 aliphatic carbocycles. The van der Waals surface area contributed by atoms with Crippen LogP contribution in [0.2, 0.25) is 0 Å². The van der Waals surface area contributed by atoms with Crippen molar-refractivity contribution in [1.29, 1.82) is 0 Å². The van der Waals surface area contributed by atoms with Gasteiger partial charge in [-0.1, -0.05) is 12.1 Å². The first-order valence-electron chi connectivity index (χ1n) is 10.3. The number of nitrogens with one attached hydrogen (secondary N) is 1. The van der Waals surface area contributed by atoms with Gasteiger partial charge in [-0.15, -0.1) is 0 Å². The molecule has 4 rings (SSSR count). The summed E-state index contributed by atoms with van der Waals surface area (Å²) in [4.78, 5) is 19.4. The fraction of sp³-hybridized carbons (Fsp3) is 0.409. The first-order chi connectivity index (χ1) is 14.8. The van der Waals surface area contributed by atoms with Crippen molar-refractivity contribution in [1.82, 2.24) is 14.8 Å². The zero-order chi connectivity index (χ0) is 22.2. The summed E-state index contributed by atoms with van der Waals surface area (Å²) in [6.45, 7) is 5.91. The second-order valence-corrected chi connectivity index (χ2v) is 7.73. The number of nitrogens with zero attached hydrogens (tertiary/aromatic N) is 4. The molecule has 1 aliphatic heterocycles. The Morgan fingerprint density at radius 1 is 1.19 bits per heavy atom. The van der Waals surface area contributed by atoms with Gasteiger partial charge in [-0.3, -0.25) is 9.48 Å². The highest BCUT2D eigenvalue weighted by molar-refractivity contribution is 5.94. The van der Waals surface area contributed by atoms with E-state index in [1.54, 1.807) is 6.20 Å². The first kappa shape index (κ1) is 21.1. The van der Waals surface area contributed by atoms with E-state index in [4.69, 9.17) is 0 Å². The molecule has 9 heteroatoms. The number of hydrogen-bond donors (Lipinski definition) is 1. The molecule has 31 heavy (non-hydrogen) atoms. The Hall–Kier alpha value is -3.10. The fourth-order valence-electron chi connectivity index (χ4n) is 4.16. The number of rotatable bonds is 4. The molecule has 0 bridgehead atoms. The Bertz CT molecular complexity index is 1100. The summed E-state index contributed by atoms with van der Waals surface area (Å²) in [6, 6.07) is 7.01. The summed E-state index contributed by atoms with van der Waals surface area (Å²) in [7, 11) is 0. The third-order valence-electron chi connectivity index (χ3n) is 5.78. The number of amides is 1. The second kappa shape index (κ2) is 8.20. The molecular formula is C22H24F3N5O. The van der Waals surface area contributed by atoms with Crippen LogP contribution in [0.15, 0.2) is 36.5 Å². The molecule has 0 saturated carbocycles. The maximum atomic E-state index is 13.2. The lowest BCUT2D eigenvalue weighted by Crippen LogP contribution is -2.39. The third kappa shape index (κ3) is 4.08. The molecule has 1 fully saturated rings. The molecule has 0 spiro atoms. The van der Waals surface area contributed by atoms with Crippen molar-refractivity contribution in [2.75, 3.05) is 23.3 Å². The molecule has 3 aromatic rings. The van der Waals surface area contributed by atoms with Crippen LogP contribution in [-0.4, -0.2) is 33.8 Å². The lowest BCUT2D eigenvalue weighted by molar-refractivity contribution is -0.137.